The van der Waals surface area contributed by atoms with Gasteiger partial charge in [0.05, 0.1) is 12.7 Å². The highest BCUT2D eigenvalue weighted by molar-refractivity contribution is 5.16. The van der Waals surface area contributed by atoms with Gasteiger partial charge in [0, 0.05) is 12.1 Å². The van der Waals surface area contributed by atoms with Gasteiger partial charge in [-0.1, -0.05) is 30.3 Å². The smallest absolute Gasteiger partial charge is 0.0797 e. The van der Waals surface area contributed by atoms with Crippen molar-refractivity contribution in [1.29, 1.82) is 0 Å². The first-order valence-electron chi connectivity index (χ1n) is 5.90. The van der Waals surface area contributed by atoms with Crippen molar-refractivity contribution in [1.82, 2.24) is 5.32 Å². The van der Waals surface area contributed by atoms with Crippen molar-refractivity contribution in [2.45, 2.75) is 39.3 Å². The Morgan fingerprint density at radius 3 is 2.38 bits per heavy atom. The third-order valence-electron chi connectivity index (χ3n) is 2.39. The number of ether oxygens (including phenoxy) is 1. The summed E-state index contributed by atoms with van der Waals surface area (Å²) in [4.78, 5) is 0. The summed E-state index contributed by atoms with van der Waals surface area (Å²) in [6, 6.07) is 10.3. The van der Waals surface area contributed by atoms with Crippen LogP contribution in [0.15, 0.2) is 30.3 Å². The molecular formula is C14H23NO. The first-order valence-corrected chi connectivity index (χ1v) is 5.90. The third-order valence-corrected chi connectivity index (χ3v) is 2.39. The number of benzene rings is 1. The molecule has 2 nitrogen and oxygen atoms in total. The molecule has 0 fully saturated rings. The quantitative estimate of drug-likeness (QED) is 0.771. The van der Waals surface area contributed by atoms with E-state index in [9.17, 15) is 0 Å². The molecule has 0 amide bonds. The fourth-order valence-corrected chi connectivity index (χ4v) is 1.48. The molecule has 0 radical (unpaired) electrons. The maximum Gasteiger partial charge on any atom is 0.0797 e. The van der Waals surface area contributed by atoms with E-state index in [0.29, 0.717) is 0 Å². The number of hydrogen-bond acceptors (Lipinski definition) is 2. The van der Waals surface area contributed by atoms with E-state index in [2.05, 4.69) is 45.1 Å². The highest BCUT2D eigenvalue weighted by atomic mass is 16.5. The van der Waals surface area contributed by atoms with Gasteiger partial charge >= 0.3 is 0 Å². The first kappa shape index (κ1) is 13.2. The molecule has 0 heterocycles. The van der Waals surface area contributed by atoms with Gasteiger partial charge in [-0.3, -0.25) is 0 Å². The van der Waals surface area contributed by atoms with E-state index < -0.39 is 0 Å². The molecule has 16 heavy (non-hydrogen) atoms. The molecule has 90 valence electrons. The van der Waals surface area contributed by atoms with E-state index in [-0.39, 0.29) is 11.6 Å². The van der Waals surface area contributed by atoms with Crippen molar-refractivity contribution in [3.05, 3.63) is 35.9 Å². The van der Waals surface area contributed by atoms with Gasteiger partial charge in [-0.15, -0.1) is 0 Å². The molecule has 1 rings (SSSR count). The van der Waals surface area contributed by atoms with Crippen LogP contribution in [0.1, 0.15) is 39.4 Å². The van der Waals surface area contributed by atoms with Crippen LogP contribution in [0.3, 0.4) is 0 Å². The predicted octanol–water partition coefficient (Wildman–Crippen LogP) is 3.15. The molecule has 0 aliphatic rings. The van der Waals surface area contributed by atoms with Crippen LogP contribution in [0, 0.1) is 0 Å². The normalized spacial score (nSPS) is 13.8. The molecule has 0 spiro atoms. The molecule has 1 aromatic rings. The molecule has 1 atom stereocenters. The van der Waals surface area contributed by atoms with Crippen molar-refractivity contribution >= 4 is 0 Å². The topological polar surface area (TPSA) is 21.3 Å². The van der Waals surface area contributed by atoms with E-state index in [1.54, 1.807) is 0 Å². The van der Waals surface area contributed by atoms with Crippen molar-refractivity contribution in [2.75, 3.05) is 13.2 Å². The van der Waals surface area contributed by atoms with Crippen LogP contribution < -0.4 is 5.32 Å². The molecule has 1 unspecified atom stereocenters. The minimum atomic E-state index is 0.166. The fourth-order valence-electron chi connectivity index (χ4n) is 1.48. The van der Waals surface area contributed by atoms with Gasteiger partial charge in [-0.05, 0) is 33.3 Å². The maximum atomic E-state index is 5.76. The molecule has 0 saturated carbocycles. The van der Waals surface area contributed by atoms with E-state index in [1.807, 2.05) is 18.2 Å². The Hall–Kier alpha value is -0.860. The second-order valence-corrected chi connectivity index (χ2v) is 5.10. The Morgan fingerprint density at radius 2 is 1.81 bits per heavy atom. The summed E-state index contributed by atoms with van der Waals surface area (Å²) in [5.74, 6) is 0. The zero-order valence-electron chi connectivity index (χ0n) is 10.8. The molecule has 1 N–H and O–H groups in total. The molecule has 0 aliphatic heterocycles. The van der Waals surface area contributed by atoms with Crippen LogP contribution in [0.5, 0.6) is 0 Å². The number of nitrogens with one attached hydrogen (secondary N) is 1. The lowest BCUT2D eigenvalue weighted by Gasteiger charge is -2.21. The Balaban J connectivity index is 2.24. The van der Waals surface area contributed by atoms with Gasteiger partial charge in [0.15, 0.2) is 0 Å². The number of hydrogen-bond donors (Lipinski definition) is 1. The minimum absolute atomic E-state index is 0.166. The predicted molar refractivity (Wildman–Crippen MR) is 68.6 cm³/mol. The molecule has 1 aromatic carbocycles. The van der Waals surface area contributed by atoms with Gasteiger partial charge in [-0.25, -0.2) is 0 Å². The fraction of sp³-hybridized carbons (Fsp3) is 0.571. The monoisotopic (exact) mass is 221 g/mol. The summed E-state index contributed by atoms with van der Waals surface area (Å²) in [5, 5.41) is 3.40. The molecular weight excluding hydrogens is 198 g/mol. The molecule has 0 aromatic heterocycles. The van der Waals surface area contributed by atoms with Gasteiger partial charge in [-0.2, -0.15) is 0 Å². The third kappa shape index (κ3) is 5.29. The van der Waals surface area contributed by atoms with Crippen LogP contribution in [0.4, 0.5) is 0 Å². The molecule has 0 saturated heterocycles. The Labute approximate surface area is 99.0 Å². The molecule has 0 bridgehead atoms. The summed E-state index contributed by atoms with van der Waals surface area (Å²) in [6.45, 7) is 10.2. The summed E-state index contributed by atoms with van der Waals surface area (Å²) in [7, 11) is 0. The summed E-state index contributed by atoms with van der Waals surface area (Å²) in [6.07, 6.45) is 0.169. The second kappa shape index (κ2) is 6.02. The maximum absolute atomic E-state index is 5.76. The second-order valence-electron chi connectivity index (χ2n) is 5.10. The van der Waals surface area contributed by atoms with Gasteiger partial charge in [0.25, 0.3) is 0 Å². The lowest BCUT2D eigenvalue weighted by molar-refractivity contribution is 0.0648. The van der Waals surface area contributed by atoms with E-state index in [0.717, 1.165) is 13.2 Å². The summed E-state index contributed by atoms with van der Waals surface area (Å²) < 4.78 is 5.76. The SMILES string of the molecule is CC(OCCNC(C)(C)C)c1ccccc1. The van der Waals surface area contributed by atoms with Crippen LogP contribution in [0.25, 0.3) is 0 Å². The Bertz CT molecular complexity index is 289. The zero-order chi connectivity index (χ0) is 12.0. The van der Waals surface area contributed by atoms with E-state index in [4.69, 9.17) is 4.74 Å². The average Bonchev–Trinajstić information content (AvgIpc) is 2.24. The van der Waals surface area contributed by atoms with Crippen molar-refractivity contribution in [2.24, 2.45) is 0 Å². The minimum Gasteiger partial charge on any atom is -0.373 e. The van der Waals surface area contributed by atoms with E-state index >= 15 is 0 Å². The van der Waals surface area contributed by atoms with Crippen molar-refractivity contribution in [3.63, 3.8) is 0 Å². The number of rotatable bonds is 5. The van der Waals surface area contributed by atoms with Crippen LogP contribution in [-0.4, -0.2) is 18.7 Å². The lowest BCUT2D eigenvalue weighted by atomic mass is 10.1. The zero-order valence-corrected chi connectivity index (χ0v) is 10.8. The van der Waals surface area contributed by atoms with Crippen LogP contribution in [0.2, 0.25) is 0 Å². The van der Waals surface area contributed by atoms with Gasteiger partial charge < -0.3 is 10.1 Å². The van der Waals surface area contributed by atoms with Gasteiger partial charge in [0.2, 0.25) is 0 Å². The largest absolute Gasteiger partial charge is 0.373 e. The Morgan fingerprint density at radius 1 is 1.19 bits per heavy atom. The highest BCUT2D eigenvalue weighted by Gasteiger charge is 2.08. The standard InChI is InChI=1S/C14H23NO/c1-12(13-8-6-5-7-9-13)16-11-10-15-14(2,3)4/h5-9,12,15H,10-11H2,1-4H3. The summed E-state index contributed by atoms with van der Waals surface area (Å²) in [5.41, 5.74) is 1.40. The molecule has 0 aliphatic carbocycles. The highest BCUT2D eigenvalue weighted by Crippen LogP contribution is 2.15. The van der Waals surface area contributed by atoms with Gasteiger partial charge in [0.1, 0.15) is 0 Å². The Kier molecular flexibility index (Phi) is 4.97. The van der Waals surface area contributed by atoms with E-state index in [1.165, 1.54) is 5.56 Å². The summed E-state index contributed by atoms with van der Waals surface area (Å²) >= 11 is 0. The van der Waals surface area contributed by atoms with Crippen LogP contribution >= 0.6 is 0 Å². The van der Waals surface area contributed by atoms with Crippen LogP contribution in [-0.2, 0) is 4.74 Å². The van der Waals surface area contributed by atoms with Crippen molar-refractivity contribution < 1.29 is 4.74 Å². The molecule has 2 heteroatoms. The first-order chi connectivity index (χ1) is 7.49. The lowest BCUT2D eigenvalue weighted by Crippen LogP contribution is -2.38. The average molecular weight is 221 g/mol. The van der Waals surface area contributed by atoms with Crippen molar-refractivity contribution in [3.8, 4) is 0 Å².